The summed E-state index contributed by atoms with van der Waals surface area (Å²) in [5, 5.41) is 0. The van der Waals surface area contributed by atoms with Crippen LogP contribution in [0.25, 0.3) is 16.7 Å². The first kappa shape index (κ1) is 21.0. The molecule has 0 spiro atoms. The Morgan fingerprint density at radius 1 is 1.21 bits per heavy atom. The van der Waals surface area contributed by atoms with E-state index >= 15 is 0 Å². The molecule has 0 N–H and O–H groups in total. The van der Waals surface area contributed by atoms with Gasteiger partial charge in [-0.1, -0.05) is 57.4 Å². The van der Waals surface area contributed by atoms with Crippen LogP contribution >= 0.6 is 0 Å². The van der Waals surface area contributed by atoms with Gasteiger partial charge in [-0.15, -0.1) is 0 Å². The molecule has 0 saturated heterocycles. The van der Waals surface area contributed by atoms with E-state index in [0.717, 1.165) is 59.2 Å². The van der Waals surface area contributed by atoms with Gasteiger partial charge in [-0.2, -0.15) is 0 Å². The monoisotopic (exact) mass is 390 g/mol. The van der Waals surface area contributed by atoms with Gasteiger partial charge in [0, 0.05) is 30.6 Å². The number of aryl methyl sites for hydroxylation is 1. The van der Waals surface area contributed by atoms with E-state index in [1.807, 2.05) is 24.3 Å². The number of carbonyl (C=O) groups excluding carboxylic acids is 1. The minimum atomic E-state index is -0.327. The lowest BCUT2D eigenvalue weighted by atomic mass is 9.99. The number of benzene rings is 1. The average Bonchev–Trinajstić information content (AvgIpc) is 3.07. The van der Waals surface area contributed by atoms with E-state index in [2.05, 4.69) is 36.8 Å². The molecule has 0 amide bonds. The number of fused-ring (bicyclic) bond motifs is 3. The molecular weight excluding hydrogens is 360 g/mol. The van der Waals surface area contributed by atoms with Crippen LogP contribution in [-0.4, -0.2) is 30.8 Å². The highest BCUT2D eigenvalue weighted by Crippen LogP contribution is 2.45. The smallest absolute Gasteiger partial charge is 0.340 e. The summed E-state index contributed by atoms with van der Waals surface area (Å²) in [6.07, 6.45) is 7.81. The molecule has 0 radical (unpaired) electrons. The highest BCUT2D eigenvalue weighted by Gasteiger charge is 2.30. The number of esters is 1. The van der Waals surface area contributed by atoms with Gasteiger partial charge in [0.1, 0.15) is 0 Å². The number of hydrogen-bond donors (Lipinski definition) is 0. The normalized spacial score (nSPS) is 15.2. The average molecular weight is 391 g/mol. The number of pyridine rings is 1. The number of aliphatic imine (C=N–C) groups is 1. The van der Waals surface area contributed by atoms with Gasteiger partial charge < -0.3 is 4.74 Å². The topological polar surface area (TPSA) is 51.5 Å². The van der Waals surface area contributed by atoms with Gasteiger partial charge in [0.2, 0.25) is 0 Å². The van der Waals surface area contributed by atoms with Crippen LogP contribution in [0.4, 0.5) is 0 Å². The molecule has 152 valence electrons. The summed E-state index contributed by atoms with van der Waals surface area (Å²) in [6, 6.07) is 10.1. The predicted octanol–water partition coefficient (Wildman–Crippen LogP) is 5.63. The van der Waals surface area contributed by atoms with Crippen molar-refractivity contribution in [3.63, 3.8) is 0 Å². The quantitative estimate of drug-likeness (QED) is 0.284. The van der Waals surface area contributed by atoms with Crippen LogP contribution in [0.1, 0.15) is 56.4 Å². The van der Waals surface area contributed by atoms with Crippen molar-refractivity contribution in [3.05, 3.63) is 58.9 Å². The summed E-state index contributed by atoms with van der Waals surface area (Å²) in [7, 11) is 1.68. The van der Waals surface area contributed by atoms with E-state index in [-0.39, 0.29) is 5.97 Å². The molecule has 2 aromatic rings. The number of carbonyl (C=O) groups is 1. The minimum Gasteiger partial charge on any atom is -0.462 e. The fourth-order valence-electron chi connectivity index (χ4n) is 3.92. The Kier molecular flexibility index (Phi) is 6.97. The third-order valence-corrected chi connectivity index (χ3v) is 5.60. The Morgan fingerprint density at radius 2 is 1.97 bits per heavy atom. The summed E-state index contributed by atoms with van der Waals surface area (Å²) >= 11 is 0. The van der Waals surface area contributed by atoms with Gasteiger partial charge in [0.05, 0.1) is 17.9 Å². The van der Waals surface area contributed by atoms with Gasteiger partial charge in [-0.25, -0.2) is 4.79 Å². The zero-order valence-electron chi connectivity index (χ0n) is 17.9. The SMILES string of the molecule is CCCCC(CC)COC(=O)/C(C=NC)=C1/c2ccccc2-c2c(C)ccnc21. The Morgan fingerprint density at radius 3 is 2.66 bits per heavy atom. The molecule has 3 rings (SSSR count). The van der Waals surface area contributed by atoms with Crippen LogP contribution < -0.4 is 0 Å². The van der Waals surface area contributed by atoms with Crippen molar-refractivity contribution in [2.24, 2.45) is 10.9 Å². The second-order valence-corrected chi connectivity index (χ2v) is 7.59. The van der Waals surface area contributed by atoms with Crippen molar-refractivity contribution >= 4 is 17.8 Å². The second kappa shape index (κ2) is 9.64. The molecule has 0 fully saturated rings. The van der Waals surface area contributed by atoms with E-state index in [4.69, 9.17) is 4.74 Å². The molecule has 4 nitrogen and oxygen atoms in total. The Labute approximate surface area is 173 Å². The third-order valence-electron chi connectivity index (χ3n) is 5.60. The van der Waals surface area contributed by atoms with Crippen molar-refractivity contribution in [1.82, 2.24) is 4.98 Å². The summed E-state index contributed by atoms with van der Waals surface area (Å²) in [5.74, 6) is 0.0683. The number of nitrogens with zero attached hydrogens (tertiary/aromatic N) is 2. The molecule has 1 aromatic heterocycles. The molecule has 29 heavy (non-hydrogen) atoms. The first-order valence-corrected chi connectivity index (χ1v) is 10.5. The lowest BCUT2D eigenvalue weighted by Gasteiger charge is -2.15. The maximum Gasteiger partial charge on any atom is 0.340 e. The van der Waals surface area contributed by atoms with Crippen LogP contribution in [-0.2, 0) is 9.53 Å². The van der Waals surface area contributed by atoms with Crippen LogP contribution in [0, 0.1) is 12.8 Å². The molecular formula is C25H30N2O2. The third kappa shape index (κ3) is 4.31. The number of rotatable bonds is 8. The molecule has 4 heteroatoms. The van der Waals surface area contributed by atoms with Crippen LogP contribution in [0.3, 0.4) is 0 Å². The van der Waals surface area contributed by atoms with Crippen molar-refractivity contribution in [2.75, 3.05) is 13.7 Å². The van der Waals surface area contributed by atoms with Gasteiger partial charge in [0.15, 0.2) is 0 Å². The fourth-order valence-corrected chi connectivity index (χ4v) is 3.92. The van der Waals surface area contributed by atoms with E-state index in [1.54, 1.807) is 19.5 Å². The van der Waals surface area contributed by atoms with Crippen molar-refractivity contribution in [1.29, 1.82) is 0 Å². The second-order valence-electron chi connectivity index (χ2n) is 7.59. The van der Waals surface area contributed by atoms with Crippen LogP contribution in [0.15, 0.2) is 47.1 Å². The van der Waals surface area contributed by atoms with Crippen molar-refractivity contribution < 1.29 is 9.53 Å². The fraction of sp³-hybridized carbons (Fsp3) is 0.400. The predicted molar refractivity (Wildman–Crippen MR) is 119 cm³/mol. The largest absolute Gasteiger partial charge is 0.462 e. The molecule has 1 aliphatic rings. The lowest BCUT2D eigenvalue weighted by molar-refractivity contribution is -0.139. The molecule has 1 aliphatic carbocycles. The minimum absolute atomic E-state index is 0.327. The molecule has 1 aromatic carbocycles. The Hall–Kier alpha value is -2.75. The lowest BCUT2D eigenvalue weighted by Crippen LogP contribution is -2.17. The molecule has 0 saturated carbocycles. The van der Waals surface area contributed by atoms with E-state index in [9.17, 15) is 4.79 Å². The molecule has 0 bridgehead atoms. The molecule has 1 atom stereocenters. The van der Waals surface area contributed by atoms with E-state index < -0.39 is 0 Å². The molecule has 1 heterocycles. The maximum absolute atomic E-state index is 13.1. The summed E-state index contributed by atoms with van der Waals surface area (Å²) in [5.41, 5.74) is 6.46. The van der Waals surface area contributed by atoms with Crippen LogP contribution in [0.2, 0.25) is 0 Å². The first-order valence-electron chi connectivity index (χ1n) is 10.5. The summed E-state index contributed by atoms with van der Waals surface area (Å²) in [4.78, 5) is 21.9. The first-order chi connectivity index (χ1) is 14.1. The van der Waals surface area contributed by atoms with Gasteiger partial charge in [-0.05, 0) is 42.0 Å². The van der Waals surface area contributed by atoms with Gasteiger partial charge in [0.25, 0.3) is 0 Å². The van der Waals surface area contributed by atoms with Gasteiger partial charge in [-0.3, -0.25) is 9.98 Å². The maximum atomic E-state index is 13.1. The summed E-state index contributed by atoms with van der Waals surface area (Å²) in [6.45, 7) is 6.85. The Bertz CT molecular complexity index is 944. The highest BCUT2D eigenvalue weighted by atomic mass is 16.5. The highest BCUT2D eigenvalue weighted by molar-refractivity contribution is 6.21. The number of unbranched alkanes of at least 4 members (excludes halogenated alkanes) is 1. The number of hydrogen-bond acceptors (Lipinski definition) is 4. The van der Waals surface area contributed by atoms with E-state index in [1.165, 1.54) is 0 Å². The van der Waals surface area contributed by atoms with Crippen molar-refractivity contribution in [3.8, 4) is 11.1 Å². The molecule has 1 unspecified atom stereocenters. The molecule has 0 aliphatic heterocycles. The van der Waals surface area contributed by atoms with E-state index in [0.29, 0.717) is 18.1 Å². The van der Waals surface area contributed by atoms with Crippen molar-refractivity contribution in [2.45, 2.75) is 46.5 Å². The van der Waals surface area contributed by atoms with Crippen LogP contribution in [0.5, 0.6) is 0 Å². The Balaban J connectivity index is 2.02. The number of aromatic nitrogens is 1. The summed E-state index contributed by atoms with van der Waals surface area (Å²) < 4.78 is 5.76. The van der Waals surface area contributed by atoms with Gasteiger partial charge >= 0.3 is 5.97 Å². The zero-order valence-corrected chi connectivity index (χ0v) is 17.9. The zero-order chi connectivity index (χ0) is 20.8. The number of ether oxygens (including phenoxy) is 1. The standard InChI is InChI=1S/C25H30N2O2/c1-5-7-10-18(6-2)16-29-25(28)21(15-26-4)23-20-12-9-8-11-19(20)22-17(3)13-14-27-24(22)23/h8-9,11-15,18H,5-7,10,16H2,1-4H3/b23-21-,26-15?.